The highest BCUT2D eigenvalue weighted by molar-refractivity contribution is 7.92. The van der Waals surface area contributed by atoms with Gasteiger partial charge in [0.2, 0.25) is 0 Å². The lowest BCUT2D eigenvalue weighted by atomic mass is 10.1. The van der Waals surface area contributed by atoms with Crippen LogP contribution in [0.15, 0.2) is 23.1 Å². The molecule has 0 spiro atoms. The third-order valence-corrected chi connectivity index (χ3v) is 6.21. The minimum Gasteiger partial charge on any atom is -0.385 e. The fraction of sp³-hybridized carbons (Fsp3) is 0.500. The van der Waals surface area contributed by atoms with Gasteiger partial charge in [-0.15, -0.1) is 0 Å². The molecule has 1 aromatic carbocycles. The van der Waals surface area contributed by atoms with Crippen LogP contribution < -0.4 is 0 Å². The van der Waals surface area contributed by atoms with Crippen molar-refractivity contribution in [2.75, 3.05) is 0 Å². The van der Waals surface area contributed by atoms with Gasteiger partial charge in [-0.1, -0.05) is 17.7 Å². The van der Waals surface area contributed by atoms with Crippen LogP contribution in [0.25, 0.3) is 0 Å². The molecule has 2 fully saturated rings. The van der Waals surface area contributed by atoms with Crippen LogP contribution in [0.5, 0.6) is 0 Å². The molecule has 0 atom stereocenters. The lowest BCUT2D eigenvalue weighted by Gasteiger charge is -2.11. The molecule has 1 aromatic rings. The zero-order chi connectivity index (χ0) is 12.3. The Morgan fingerprint density at radius 2 is 1.94 bits per heavy atom. The summed E-state index contributed by atoms with van der Waals surface area (Å²) >= 11 is 6.03. The Kier molecular flexibility index (Phi) is 2.35. The molecule has 5 heteroatoms. The molecule has 0 heterocycles. The minimum atomic E-state index is -3.25. The largest absolute Gasteiger partial charge is 0.385 e. The first-order valence-electron chi connectivity index (χ1n) is 5.70. The number of sulfone groups is 1. The summed E-state index contributed by atoms with van der Waals surface area (Å²) in [5, 5.41) is 9.91. The number of hydrogen-bond donors (Lipinski definition) is 1. The summed E-state index contributed by atoms with van der Waals surface area (Å²) in [6, 6.07) is 4.79. The topological polar surface area (TPSA) is 54.4 Å². The number of benzene rings is 1. The van der Waals surface area contributed by atoms with E-state index in [-0.39, 0.29) is 15.2 Å². The minimum absolute atomic E-state index is 0.203. The molecule has 92 valence electrons. The van der Waals surface area contributed by atoms with E-state index in [2.05, 4.69) is 0 Å². The van der Waals surface area contributed by atoms with Crippen LogP contribution in [-0.2, 0) is 15.4 Å². The lowest BCUT2D eigenvalue weighted by Crippen LogP contribution is -2.10. The quantitative estimate of drug-likeness (QED) is 0.918. The fourth-order valence-electron chi connectivity index (χ4n) is 1.99. The van der Waals surface area contributed by atoms with E-state index in [1.54, 1.807) is 12.1 Å². The van der Waals surface area contributed by atoms with Crippen molar-refractivity contribution in [3.05, 3.63) is 28.8 Å². The second-order valence-corrected chi connectivity index (χ2v) is 7.52. The Bertz CT molecular complexity index is 571. The average molecular weight is 273 g/mol. The van der Waals surface area contributed by atoms with Gasteiger partial charge in [-0.3, -0.25) is 0 Å². The first-order chi connectivity index (χ1) is 7.93. The van der Waals surface area contributed by atoms with Crippen LogP contribution in [0.1, 0.15) is 31.2 Å². The molecule has 2 saturated carbocycles. The van der Waals surface area contributed by atoms with Gasteiger partial charge < -0.3 is 5.11 Å². The normalized spacial score (nSPS) is 22.5. The van der Waals surface area contributed by atoms with Crippen molar-refractivity contribution < 1.29 is 13.5 Å². The number of halogens is 1. The van der Waals surface area contributed by atoms with E-state index in [1.807, 2.05) is 0 Å². The summed E-state index contributed by atoms with van der Waals surface area (Å²) in [5.74, 6) is 0. The highest BCUT2D eigenvalue weighted by Gasteiger charge is 2.43. The van der Waals surface area contributed by atoms with Gasteiger partial charge in [-0.05, 0) is 43.4 Å². The Morgan fingerprint density at radius 3 is 2.41 bits per heavy atom. The molecular formula is C12H13ClO3S. The lowest BCUT2D eigenvalue weighted by molar-refractivity contribution is 0.151. The molecule has 3 nitrogen and oxygen atoms in total. The maximum atomic E-state index is 12.0. The zero-order valence-corrected chi connectivity index (χ0v) is 10.8. The first-order valence-corrected chi connectivity index (χ1v) is 7.62. The van der Waals surface area contributed by atoms with Crippen molar-refractivity contribution in [1.82, 2.24) is 0 Å². The molecule has 3 rings (SSSR count). The Balaban J connectivity index is 2.02. The molecule has 1 N–H and O–H groups in total. The Hall–Kier alpha value is -0.580. The van der Waals surface area contributed by atoms with Gasteiger partial charge in [-0.25, -0.2) is 8.42 Å². The van der Waals surface area contributed by atoms with Gasteiger partial charge in [0.1, 0.15) is 0 Å². The fourth-order valence-corrected chi connectivity index (χ4v) is 4.19. The van der Waals surface area contributed by atoms with Gasteiger partial charge in [-0.2, -0.15) is 0 Å². The average Bonchev–Trinajstić information content (AvgIpc) is 3.11. The van der Waals surface area contributed by atoms with Crippen molar-refractivity contribution in [2.45, 2.75) is 41.4 Å². The number of hydrogen-bond acceptors (Lipinski definition) is 3. The molecule has 2 aliphatic carbocycles. The van der Waals surface area contributed by atoms with Crippen molar-refractivity contribution in [3.63, 3.8) is 0 Å². The van der Waals surface area contributed by atoms with Gasteiger partial charge in [0, 0.05) is 0 Å². The molecule has 0 aromatic heterocycles. The second kappa shape index (κ2) is 3.46. The van der Waals surface area contributed by atoms with Crippen molar-refractivity contribution >= 4 is 21.4 Å². The first kappa shape index (κ1) is 11.5. The zero-order valence-electron chi connectivity index (χ0n) is 9.19. The summed E-state index contributed by atoms with van der Waals surface area (Å²) < 4.78 is 24.1. The SMILES string of the molecule is O=S(=O)(c1ccc(C2(O)CC2)cc1Cl)C1CC1. The van der Waals surface area contributed by atoms with E-state index in [0.29, 0.717) is 0 Å². The van der Waals surface area contributed by atoms with Crippen molar-refractivity contribution in [1.29, 1.82) is 0 Å². The van der Waals surface area contributed by atoms with E-state index >= 15 is 0 Å². The molecule has 17 heavy (non-hydrogen) atoms. The van der Waals surface area contributed by atoms with Gasteiger partial charge >= 0.3 is 0 Å². The van der Waals surface area contributed by atoms with Gasteiger partial charge in [0.05, 0.1) is 20.8 Å². The third kappa shape index (κ3) is 1.88. The predicted molar refractivity (Wildman–Crippen MR) is 64.8 cm³/mol. The maximum Gasteiger partial charge on any atom is 0.182 e. The molecule has 0 saturated heterocycles. The molecule has 2 aliphatic rings. The van der Waals surface area contributed by atoms with Gasteiger partial charge in [0.25, 0.3) is 0 Å². The summed E-state index contributed by atoms with van der Waals surface area (Å²) in [6.45, 7) is 0. The molecule has 0 amide bonds. The molecule has 0 radical (unpaired) electrons. The van der Waals surface area contributed by atoms with E-state index in [1.165, 1.54) is 6.07 Å². The van der Waals surface area contributed by atoms with Crippen LogP contribution in [0.4, 0.5) is 0 Å². The summed E-state index contributed by atoms with van der Waals surface area (Å²) in [5.41, 5.74) is -0.0526. The molecule has 0 aliphatic heterocycles. The molecular weight excluding hydrogens is 260 g/mol. The van der Waals surface area contributed by atoms with Gasteiger partial charge in [0.15, 0.2) is 9.84 Å². The van der Waals surface area contributed by atoms with Crippen LogP contribution in [-0.4, -0.2) is 18.8 Å². The summed E-state index contributed by atoms with van der Waals surface area (Å²) in [4.78, 5) is 0.203. The predicted octanol–water partition coefficient (Wildman–Crippen LogP) is 2.26. The second-order valence-electron chi connectivity index (χ2n) is 4.92. The monoisotopic (exact) mass is 272 g/mol. The number of aliphatic hydroxyl groups is 1. The van der Waals surface area contributed by atoms with Crippen LogP contribution in [0.3, 0.4) is 0 Å². The Morgan fingerprint density at radius 1 is 1.29 bits per heavy atom. The smallest absolute Gasteiger partial charge is 0.182 e. The van der Waals surface area contributed by atoms with Crippen LogP contribution in [0, 0.1) is 0 Å². The maximum absolute atomic E-state index is 12.0. The van der Waals surface area contributed by atoms with Crippen molar-refractivity contribution in [3.8, 4) is 0 Å². The number of rotatable bonds is 3. The van der Waals surface area contributed by atoms with Crippen LogP contribution in [0.2, 0.25) is 5.02 Å². The van der Waals surface area contributed by atoms with Crippen molar-refractivity contribution in [2.24, 2.45) is 0 Å². The van der Waals surface area contributed by atoms with E-state index < -0.39 is 15.4 Å². The standard InChI is InChI=1S/C12H13ClO3S/c13-10-7-8(12(14)5-6-12)1-4-11(10)17(15,16)9-2-3-9/h1,4,7,9,14H,2-3,5-6H2. The highest BCUT2D eigenvalue weighted by Crippen LogP contribution is 2.47. The molecule has 0 unspecified atom stereocenters. The van der Waals surface area contributed by atoms with E-state index in [4.69, 9.17) is 11.6 Å². The molecule has 0 bridgehead atoms. The third-order valence-electron chi connectivity index (χ3n) is 3.46. The summed E-state index contributed by atoms with van der Waals surface area (Å²) in [6.07, 6.45) is 2.89. The Labute approximate surface area is 105 Å². The van der Waals surface area contributed by atoms with Crippen LogP contribution >= 0.6 is 11.6 Å². The van der Waals surface area contributed by atoms with E-state index in [9.17, 15) is 13.5 Å². The van der Waals surface area contributed by atoms with E-state index in [0.717, 1.165) is 31.2 Å². The summed E-state index contributed by atoms with van der Waals surface area (Å²) in [7, 11) is -3.25. The highest BCUT2D eigenvalue weighted by atomic mass is 35.5.